The first-order valence-corrected chi connectivity index (χ1v) is 9.19. The van der Waals surface area contributed by atoms with Gasteiger partial charge in [-0.2, -0.15) is 0 Å². The number of carbonyl (C=O) groups is 2. The highest BCUT2D eigenvalue weighted by Gasteiger charge is 2.32. The van der Waals surface area contributed by atoms with Crippen molar-refractivity contribution in [1.82, 2.24) is 20.4 Å². The Morgan fingerprint density at radius 2 is 2.11 bits per heavy atom. The van der Waals surface area contributed by atoms with Gasteiger partial charge in [0.15, 0.2) is 0 Å². The summed E-state index contributed by atoms with van der Waals surface area (Å²) < 4.78 is 0. The molecule has 1 aromatic carbocycles. The van der Waals surface area contributed by atoms with Crippen LogP contribution in [0.3, 0.4) is 0 Å². The number of carbonyl (C=O) groups excluding carboxylic acids is 2. The van der Waals surface area contributed by atoms with Gasteiger partial charge in [-0.1, -0.05) is 49.6 Å². The smallest absolute Gasteiger partial charge is 0.318 e. The van der Waals surface area contributed by atoms with Crippen LogP contribution < -0.4 is 10.6 Å². The molecule has 0 radical (unpaired) electrons. The van der Waals surface area contributed by atoms with Crippen LogP contribution in [0.15, 0.2) is 68.0 Å². The molecule has 3 amide bonds. The predicted octanol–water partition coefficient (Wildman–Crippen LogP) is 2.62. The minimum absolute atomic E-state index is 0.110. The summed E-state index contributed by atoms with van der Waals surface area (Å²) in [5.74, 6) is -0.110. The Hall–Kier alpha value is -3.02. The number of nitrogens with zero attached hydrogens (tertiary/aromatic N) is 2. The van der Waals surface area contributed by atoms with Crippen LogP contribution in [0, 0.1) is 0 Å². The monoisotopic (exact) mass is 368 g/mol. The Bertz CT molecular complexity index is 672. The zero-order chi connectivity index (χ0) is 19.5. The van der Waals surface area contributed by atoms with E-state index in [1.807, 2.05) is 47.5 Å². The van der Waals surface area contributed by atoms with Crippen molar-refractivity contribution in [1.29, 1.82) is 0 Å². The van der Waals surface area contributed by atoms with E-state index in [0.717, 1.165) is 12.0 Å². The quantitative estimate of drug-likeness (QED) is 0.624. The van der Waals surface area contributed by atoms with Crippen molar-refractivity contribution in [2.24, 2.45) is 0 Å². The summed E-state index contributed by atoms with van der Waals surface area (Å²) in [7, 11) is 0. The Morgan fingerprint density at radius 1 is 1.33 bits per heavy atom. The average molecular weight is 368 g/mol. The fourth-order valence-electron chi connectivity index (χ4n) is 2.97. The van der Waals surface area contributed by atoms with Crippen LogP contribution in [-0.4, -0.2) is 47.4 Å². The largest absolute Gasteiger partial charge is 0.355 e. The van der Waals surface area contributed by atoms with Gasteiger partial charge in [0.2, 0.25) is 5.91 Å². The van der Waals surface area contributed by atoms with E-state index < -0.39 is 6.04 Å². The lowest BCUT2D eigenvalue weighted by molar-refractivity contribution is -0.126. The fourth-order valence-corrected chi connectivity index (χ4v) is 2.97. The van der Waals surface area contributed by atoms with E-state index in [9.17, 15) is 9.59 Å². The van der Waals surface area contributed by atoms with Gasteiger partial charge in [-0.25, -0.2) is 4.79 Å². The maximum atomic E-state index is 12.6. The van der Waals surface area contributed by atoms with Crippen molar-refractivity contribution in [3.05, 3.63) is 73.6 Å². The molecule has 0 bridgehead atoms. The Morgan fingerprint density at radius 3 is 2.81 bits per heavy atom. The third-order valence-corrected chi connectivity index (χ3v) is 4.41. The summed E-state index contributed by atoms with van der Waals surface area (Å²) in [6.45, 7) is 9.60. The summed E-state index contributed by atoms with van der Waals surface area (Å²) in [5.41, 5.74) is 1.04. The predicted molar refractivity (Wildman–Crippen MR) is 108 cm³/mol. The summed E-state index contributed by atoms with van der Waals surface area (Å²) in [6.07, 6.45) is 8.45. The molecule has 1 aliphatic heterocycles. The molecule has 1 aliphatic rings. The zero-order valence-electron chi connectivity index (χ0n) is 15.6. The molecular formula is C21H28N4O2. The van der Waals surface area contributed by atoms with Crippen LogP contribution in [0.1, 0.15) is 18.4 Å². The first-order valence-electron chi connectivity index (χ1n) is 9.19. The number of hydrogen-bond donors (Lipinski definition) is 2. The molecule has 0 saturated carbocycles. The molecule has 27 heavy (non-hydrogen) atoms. The van der Waals surface area contributed by atoms with Crippen LogP contribution in [0.2, 0.25) is 0 Å². The summed E-state index contributed by atoms with van der Waals surface area (Å²) in [5, 5.41) is 5.77. The standard InChI is InChI=1S/C21H28N4O2/c1-3-5-14-24(4-2)15-9-16-25-19(12-13-22-21(25)27)20(26)23-17-18-10-7-6-8-11-18/h3-8,10-11,14,19H,1-2,9,12-13,15-17H2,(H,22,27)(H,23,26)/b14-5-. The molecule has 144 valence electrons. The Kier molecular flexibility index (Phi) is 8.16. The number of allylic oxidation sites excluding steroid dienone is 2. The van der Waals surface area contributed by atoms with Gasteiger partial charge >= 0.3 is 6.03 Å². The highest BCUT2D eigenvalue weighted by Crippen LogP contribution is 2.12. The molecule has 2 rings (SSSR count). The topological polar surface area (TPSA) is 64.7 Å². The second-order valence-electron chi connectivity index (χ2n) is 6.28. The molecule has 1 saturated heterocycles. The lowest BCUT2D eigenvalue weighted by Gasteiger charge is -2.35. The van der Waals surface area contributed by atoms with Crippen LogP contribution >= 0.6 is 0 Å². The van der Waals surface area contributed by atoms with E-state index >= 15 is 0 Å². The van der Waals surface area contributed by atoms with Gasteiger partial charge < -0.3 is 20.4 Å². The molecule has 1 unspecified atom stereocenters. The molecule has 1 atom stereocenters. The van der Waals surface area contributed by atoms with Gasteiger partial charge in [0.1, 0.15) is 6.04 Å². The third kappa shape index (κ3) is 6.33. The number of hydrogen-bond acceptors (Lipinski definition) is 3. The van der Waals surface area contributed by atoms with Crippen molar-refractivity contribution in [3.63, 3.8) is 0 Å². The van der Waals surface area contributed by atoms with Gasteiger partial charge in [-0.15, -0.1) is 0 Å². The molecule has 0 spiro atoms. The fraction of sp³-hybridized carbons (Fsp3) is 0.333. The van der Waals surface area contributed by atoms with E-state index in [-0.39, 0.29) is 11.9 Å². The first kappa shape index (κ1) is 20.3. The van der Waals surface area contributed by atoms with Gasteiger partial charge in [0.05, 0.1) is 0 Å². The average Bonchev–Trinajstić information content (AvgIpc) is 2.70. The van der Waals surface area contributed by atoms with Crippen molar-refractivity contribution in [3.8, 4) is 0 Å². The molecule has 1 fully saturated rings. The lowest BCUT2D eigenvalue weighted by atomic mass is 10.1. The van der Waals surface area contributed by atoms with Crippen LogP contribution in [-0.2, 0) is 11.3 Å². The van der Waals surface area contributed by atoms with E-state index in [1.54, 1.807) is 17.2 Å². The van der Waals surface area contributed by atoms with Gasteiger partial charge in [-0.05, 0) is 30.7 Å². The maximum absolute atomic E-state index is 12.6. The highest BCUT2D eigenvalue weighted by molar-refractivity contribution is 5.88. The summed E-state index contributed by atoms with van der Waals surface area (Å²) in [4.78, 5) is 28.5. The molecule has 6 heteroatoms. The molecule has 1 aromatic rings. The minimum Gasteiger partial charge on any atom is -0.355 e. The maximum Gasteiger partial charge on any atom is 0.318 e. The van der Waals surface area contributed by atoms with Crippen LogP contribution in [0.5, 0.6) is 0 Å². The van der Waals surface area contributed by atoms with Crippen molar-refractivity contribution in [2.45, 2.75) is 25.4 Å². The minimum atomic E-state index is -0.441. The second kappa shape index (κ2) is 10.9. The number of amides is 3. The van der Waals surface area contributed by atoms with Gasteiger partial charge in [0, 0.05) is 32.4 Å². The Labute approximate surface area is 161 Å². The summed E-state index contributed by atoms with van der Waals surface area (Å²) in [6, 6.07) is 9.12. The zero-order valence-corrected chi connectivity index (χ0v) is 15.6. The number of benzene rings is 1. The molecule has 2 N–H and O–H groups in total. The number of nitrogens with one attached hydrogen (secondary N) is 2. The van der Waals surface area contributed by atoms with Gasteiger partial charge in [0.25, 0.3) is 0 Å². The molecular weight excluding hydrogens is 340 g/mol. The highest BCUT2D eigenvalue weighted by atomic mass is 16.2. The van der Waals surface area contributed by atoms with E-state index in [4.69, 9.17) is 0 Å². The third-order valence-electron chi connectivity index (χ3n) is 4.41. The SMILES string of the molecule is C=C/C=C\N(C=C)CCCN1C(=O)NCCC1C(=O)NCc1ccccc1. The molecule has 1 heterocycles. The van der Waals surface area contributed by atoms with Crippen molar-refractivity contribution < 1.29 is 9.59 Å². The Balaban J connectivity index is 1.90. The number of urea groups is 1. The van der Waals surface area contributed by atoms with E-state index in [1.165, 1.54) is 0 Å². The van der Waals surface area contributed by atoms with Crippen molar-refractivity contribution in [2.75, 3.05) is 19.6 Å². The molecule has 6 nitrogen and oxygen atoms in total. The van der Waals surface area contributed by atoms with E-state index in [0.29, 0.717) is 32.6 Å². The molecule has 0 aliphatic carbocycles. The normalized spacial score (nSPS) is 16.7. The number of rotatable bonds is 10. The van der Waals surface area contributed by atoms with E-state index in [2.05, 4.69) is 23.8 Å². The molecule has 0 aromatic heterocycles. The van der Waals surface area contributed by atoms with Crippen LogP contribution in [0.25, 0.3) is 0 Å². The first-order chi connectivity index (χ1) is 13.2. The second-order valence-corrected chi connectivity index (χ2v) is 6.28. The lowest BCUT2D eigenvalue weighted by Crippen LogP contribution is -2.58. The van der Waals surface area contributed by atoms with Crippen molar-refractivity contribution >= 4 is 11.9 Å². The van der Waals surface area contributed by atoms with Gasteiger partial charge in [-0.3, -0.25) is 4.79 Å². The van der Waals surface area contributed by atoms with Crippen LogP contribution in [0.4, 0.5) is 4.79 Å². The summed E-state index contributed by atoms with van der Waals surface area (Å²) >= 11 is 0.